The van der Waals surface area contributed by atoms with Crippen molar-refractivity contribution in [2.24, 2.45) is 0 Å². The Labute approximate surface area is 122 Å². The Kier molecular flexibility index (Phi) is 3.01. The first-order valence-electron chi connectivity index (χ1n) is 6.81. The van der Waals surface area contributed by atoms with Crippen LogP contribution in [0.1, 0.15) is 46.0 Å². The van der Waals surface area contributed by atoms with E-state index >= 15 is 0 Å². The summed E-state index contributed by atoms with van der Waals surface area (Å²) in [5, 5.41) is 10.1. The molecule has 1 heterocycles. The lowest BCUT2D eigenvalue weighted by atomic mass is 10.0. The Hall–Kier alpha value is -2.62. The molecule has 3 rings (SSSR count). The number of amides is 2. The molecule has 106 valence electrons. The Morgan fingerprint density at radius 3 is 2.00 bits per heavy atom. The van der Waals surface area contributed by atoms with Crippen molar-refractivity contribution in [3.63, 3.8) is 0 Å². The summed E-state index contributed by atoms with van der Waals surface area (Å²) in [5.74, 6) is -0.445. The molecule has 21 heavy (non-hydrogen) atoms. The van der Waals surface area contributed by atoms with Gasteiger partial charge in [0.15, 0.2) is 0 Å². The van der Waals surface area contributed by atoms with Gasteiger partial charge in [-0.15, -0.1) is 0 Å². The molecule has 1 aliphatic rings. The molecule has 2 aromatic carbocycles. The predicted molar refractivity (Wildman–Crippen MR) is 79.8 cm³/mol. The first kappa shape index (κ1) is 13.4. The third-order valence-corrected chi connectivity index (χ3v) is 3.69. The van der Waals surface area contributed by atoms with Crippen molar-refractivity contribution in [2.75, 3.05) is 4.90 Å². The number of fused-ring (bicyclic) bond motifs is 1. The summed E-state index contributed by atoms with van der Waals surface area (Å²) in [6.45, 7) is 3.94. The van der Waals surface area contributed by atoms with Gasteiger partial charge in [0.25, 0.3) is 11.8 Å². The molecular formula is C17H15NO3. The Morgan fingerprint density at radius 2 is 1.52 bits per heavy atom. The molecule has 0 saturated heterocycles. The number of hydrogen-bond acceptors (Lipinski definition) is 3. The van der Waals surface area contributed by atoms with Crippen molar-refractivity contribution < 1.29 is 14.7 Å². The van der Waals surface area contributed by atoms with E-state index < -0.39 is 0 Å². The first-order valence-corrected chi connectivity index (χ1v) is 6.81. The molecule has 0 fully saturated rings. The number of carbonyl (C=O) groups is 2. The minimum absolute atomic E-state index is 0.0963. The smallest absolute Gasteiger partial charge is 0.266 e. The maximum absolute atomic E-state index is 12.4. The second kappa shape index (κ2) is 4.74. The molecule has 4 heteroatoms. The molecule has 0 spiro atoms. The molecule has 1 N–H and O–H groups in total. The number of aromatic hydroxyl groups is 1. The highest BCUT2D eigenvalue weighted by atomic mass is 16.3. The molecule has 0 aromatic heterocycles. The Morgan fingerprint density at radius 1 is 0.952 bits per heavy atom. The van der Waals surface area contributed by atoms with E-state index in [1.807, 2.05) is 13.8 Å². The summed E-state index contributed by atoms with van der Waals surface area (Å²) in [4.78, 5) is 25.8. The van der Waals surface area contributed by atoms with Crippen LogP contribution >= 0.6 is 0 Å². The monoisotopic (exact) mass is 281 g/mol. The number of benzene rings is 2. The van der Waals surface area contributed by atoms with Gasteiger partial charge in [0.1, 0.15) is 5.75 Å². The van der Waals surface area contributed by atoms with Gasteiger partial charge in [0.2, 0.25) is 0 Å². The van der Waals surface area contributed by atoms with Gasteiger partial charge in [-0.2, -0.15) is 0 Å². The number of imide groups is 1. The van der Waals surface area contributed by atoms with Crippen molar-refractivity contribution in [2.45, 2.75) is 19.8 Å². The fraction of sp³-hybridized carbons (Fsp3) is 0.176. The number of carbonyl (C=O) groups excluding carboxylic acids is 2. The third kappa shape index (κ3) is 2.00. The van der Waals surface area contributed by atoms with Crippen LogP contribution in [0, 0.1) is 0 Å². The van der Waals surface area contributed by atoms with Crippen LogP contribution in [-0.2, 0) is 0 Å². The van der Waals surface area contributed by atoms with Gasteiger partial charge in [0.05, 0.1) is 16.8 Å². The zero-order chi connectivity index (χ0) is 15.1. The molecule has 0 atom stereocenters. The average Bonchev–Trinajstić information content (AvgIpc) is 2.71. The number of anilines is 1. The van der Waals surface area contributed by atoms with Crippen LogP contribution in [0.2, 0.25) is 0 Å². The van der Waals surface area contributed by atoms with Gasteiger partial charge in [-0.25, -0.2) is 4.90 Å². The van der Waals surface area contributed by atoms with Crippen LogP contribution < -0.4 is 4.90 Å². The second-order valence-electron chi connectivity index (χ2n) is 5.39. The fourth-order valence-corrected chi connectivity index (χ4v) is 2.58. The lowest BCUT2D eigenvalue weighted by Gasteiger charge is -2.16. The zero-order valence-electron chi connectivity index (χ0n) is 11.8. The summed E-state index contributed by atoms with van der Waals surface area (Å²) < 4.78 is 0. The molecule has 0 bridgehead atoms. The molecule has 0 unspecified atom stereocenters. The molecule has 0 saturated carbocycles. The highest BCUT2D eigenvalue weighted by molar-refractivity contribution is 6.34. The van der Waals surface area contributed by atoms with Crippen LogP contribution in [-0.4, -0.2) is 16.9 Å². The molecule has 4 nitrogen and oxygen atoms in total. The maximum Gasteiger partial charge on any atom is 0.266 e. The van der Waals surface area contributed by atoms with Crippen molar-refractivity contribution in [3.05, 3.63) is 59.2 Å². The quantitative estimate of drug-likeness (QED) is 0.859. The van der Waals surface area contributed by atoms with Crippen LogP contribution in [0.4, 0.5) is 5.69 Å². The summed E-state index contributed by atoms with van der Waals surface area (Å²) in [7, 11) is 0. The molecule has 2 aromatic rings. The van der Waals surface area contributed by atoms with E-state index in [0.717, 1.165) is 10.5 Å². The summed E-state index contributed by atoms with van der Waals surface area (Å²) >= 11 is 0. The van der Waals surface area contributed by atoms with Crippen LogP contribution in [0.5, 0.6) is 5.75 Å². The highest BCUT2D eigenvalue weighted by Crippen LogP contribution is 2.33. The highest BCUT2D eigenvalue weighted by Gasteiger charge is 2.36. The standard InChI is InChI=1S/C17H15NO3/c1-10(2)12-8-7-11(9-15(12)19)18-16(20)13-5-3-4-6-14(13)17(18)21/h3-10,19H,1-2H3. The van der Waals surface area contributed by atoms with E-state index in [4.69, 9.17) is 0 Å². The summed E-state index contributed by atoms with van der Waals surface area (Å²) in [5.41, 5.74) is 1.98. The molecule has 0 radical (unpaired) electrons. The van der Waals surface area contributed by atoms with Gasteiger partial charge < -0.3 is 5.11 Å². The Balaban J connectivity index is 2.05. The molecule has 1 aliphatic heterocycles. The summed E-state index contributed by atoms with van der Waals surface area (Å²) in [6.07, 6.45) is 0. The number of hydrogen-bond donors (Lipinski definition) is 1. The van der Waals surface area contributed by atoms with Crippen LogP contribution in [0.3, 0.4) is 0 Å². The van der Waals surface area contributed by atoms with E-state index in [1.54, 1.807) is 36.4 Å². The maximum atomic E-state index is 12.4. The van der Waals surface area contributed by atoms with Gasteiger partial charge in [-0.05, 0) is 29.7 Å². The van der Waals surface area contributed by atoms with E-state index in [-0.39, 0.29) is 23.5 Å². The van der Waals surface area contributed by atoms with Gasteiger partial charge >= 0.3 is 0 Å². The van der Waals surface area contributed by atoms with Crippen molar-refractivity contribution in [3.8, 4) is 5.75 Å². The average molecular weight is 281 g/mol. The van der Waals surface area contributed by atoms with Crippen LogP contribution in [0.15, 0.2) is 42.5 Å². The number of nitrogens with zero attached hydrogens (tertiary/aromatic N) is 1. The minimum atomic E-state index is -0.354. The lowest BCUT2D eigenvalue weighted by molar-refractivity contribution is 0.0926. The van der Waals surface area contributed by atoms with Gasteiger partial charge in [0, 0.05) is 6.07 Å². The lowest BCUT2D eigenvalue weighted by Crippen LogP contribution is -2.29. The van der Waals surface area contributed by atoms with E-state index in [0.29, 0.717) is 16.8 Å². The largest absolute Gasteiger partial charge is 0.508 e. The summed E-state index contributed by atoms with van der Waals surface area (Å²) in [6, 6.07) is 11.6. The van der Waals surface area contributed by atoms with E-state index in [9.17, 15) is 14.7 Å². The third-order valence-electron chi connectivity index (χ3n) is 3.69. The van der Waals surface area contributed by atoms with Crippen molar-refractivity contribution in [1.82, 2.24) is 0 Å². The molecular weight excluding hydrogens is 266 g/mol. The predicted octanol–water partition coefficient (Wildman–Crippen LogP) is 3.32. The number of phenolic OH excluding ortho intramolecular Hbond substituents is 1. The van der Waals surface area contributed by atoms with Gasteiger partial charge in [-0.1, -0.05) is 32.0 Å². The van der Waals surface area contributed by atoms with Crippen molar-refractivity contribution >= 4 is 17.5 Å². The van der Waals surface area contributed by atoms with E-state index in [2.05, 4.69) is 0 Å². The zero-order valence-corrected chi connectivity index (χ0v) is 11.8. The number of rotatable bonds is 2. The SMILES string of the molecule is CC(C)c1ccc(N2C(=O)c3ccccc3C2=O)cc1O. The Bertz CT molecular complexity index is 714. The van der Waals surface area contributed by atoms with Crippen molar-refractivity contribution in [1.29, 1.82) is 0 Å². The molecule has 2 amide bonds. The molecule has 0 aliphatic carbocycles. The van der Waals surface area contributed by atoms with Gasteiger partial charge in [-0.3, -0.25) is 9.59 Å². The number of phenols is 1. The van der Waals surface area contributed by atoms with Crippen LogP contribution in [0.25, 0.3) is 0 Å². The minimum Gasteiger partial charge on any atom is -0.508 e. The fourth-order valence-electron chi connectivity index (χ4n) is 2.58. The normalized spacial score (nSPS) is 14.0. The van der Waals surface area contributed by atoms with E-state index in [1.165, 1.54) is 6.07 Å². The first-order chi connectivity index (χ1) is 10.0. The second-order valence-corrected chi connectivity index (χ2v) is 5.39. The topological polar surface area (TPSA) is 57.6 Å².